The molecule has 4 amide bonds. The predicted molar refractivity (Wildman–Crippen MR) is 180 cm³/mol. The molecule has 3 aromatic rings. The molecule has 2 fully saturated rings. The molecule has 1 spiro atoms. The average Bonchev–Trinajstić information content (AvgIpc) is 3.08. The van der Waals surface area contributed by atoms with Crippen LogP contribution in [0.15, 0.2) is 78.9 Å². The normalized spacial score (nSPS) is 24.5. The van der Waals surface area contributed by atoms with Crippen molar-refractivity contribution in [3.05, 3.63) is 101 Å². The first-order chi connectivity index (χ1) is 23.2. The third-order valence-electron chi connectivity index (χ3n) is 9.81. The van der Waals surface area contributed by atoms with E-state index in [4.69, 9.17) is 9.47 Å². The molecule has 10 heteroatoms. The molecule has 4 aliphatic rings. The Morgan fingerprint density at radius 3 is 2.46 bits per heavy atom. The lowest BCUT2D eigenvalue weighted by Gasteiger charge is -2.52. The Morgan fingerprint density at radius 1 is 0.979 bits per heavy atom. The highest BCUT2D eigenvalue weighted by atomic mass is 16.5. The van der Waals surface area contributed by atoms with Crippen LogP contribution in [-0.2, 0) is 38.7 Å². The summed E-state index contributed by atoms with van der Waals surface area (Å²) in [5.74, 6) is -0.438. The summed E-state index contributed by atoms with van der Waals surface area (Å²) < 4.78 is 11.8. The van der Waals surface area contributed by atoms with Crippen molar-refractivity contribution in [3.63, 3.8) is 0 Å². The quantitative estimate of drug-likeness (QED) is 0.358. The Hall–Kier alpha value is -4.86. The number of carbonyl (C=O) groups is 4. The lowest BCUT2D eigenvalue weighted by Crippen LogP contribution is -2.57. The summed E-state index contributed by atoms with van der Waals surface area (Å²) in [6.07, 6.45) is 3.39. The van der Waals surface area contributed by atoms with Crippen LogP contribution in [0.5, 0.6) is 5.75 Å². The van der Waals surface area contributed by atoms with Gasteiger partial charge in [0.05, 0.1) is 12.5 Å². The average molecular weight is 653 g/mol. The van der Waals surface area contributed by atoms with Gasteiger partial charge in [-0.2, -0.15) is 0 Å². The second kappa shape index (κ2) is 14.9. The first-order valence-electron chi connectivity index (χ1n) is 16.9. The highest BCUT2D eigenvalue weighted by Gasteiger charge is 2.49. The summed E-state index contributed by atoms with van der Waals surface area (Å²) in [6, 6.07) is 22.7. The number of aryl methyl sites for hydroxylation is 2. The summed E-state index contributed by atoms with van der Waals surface area (Å²) in [5, 5.41) is 8.50. The zero-order valence-electron chi connectivity index (χ0n) is 27.4. The molecule has 10 nitrogen and oxygen atoms in total. The summed E-state index contributed by atoms with van der Waals surface area (Å²) in [7, 11) is 0. The predicted octanol–water partition coefficient (Wildman–Crippen LogP) is 4.58. The Labute approximate surface area is 281 Å². The van der Waals surface area contributed by atoms with Crippen LogP contribution in [0, 0.1) is 12.3 Å². The number of rotatable bonds is 6. The molecule has 7 rings (SSSR count). The van der Waals surface area contributed by atoms with Gasteiger partial charge in [0.15, 0.2) is 0 Å². The largest absolute Gasteiger partial charge is 0.490 e. The molecule has 0 aromatic heterocycles. The summed E-state index contributed by atoms with van der Waals surface area (Å²) >= 11 is 0. The van der Waals surface area contributed by atoms with Gasteiger partial charge in [-0.15, -0.1) is 0 Å². The Kier molecular flexibility index (Phi) is 10.3. The van der Waals surface area contributed by atoms with Gasteiger partial charge in [-0.05, 0) is 85.3 Å². The summed E-state index contributed by atoms with van der Waals surface area (Å²) in [6.45, 7) is 3.43. The van der Waals surface area contributed by atoms with E-state index in [1.807, 2.05) is 90.7 Å². The first kappa shape index (κ1) is 33.1. The zero-order valence-corrected chi connectivity index (χ0v) is 27.4. The molecule has 1 saturated heterocycles. The number of fused-ring (bicyclic) bond motifs is 8. The third-order valence-corrected chi connectivity index (χ3v) is 9.81. The number of hydrogen-bond acceptors (Lipinski definition) is 6. The molecular weight excluding hydrogens is 608 g/mol. The number of hydrogen-bond donors (Lipinski definition) is 3. The van der Waals surface area contributed by atoms with Crippen LogP contribution >= 0.6 is 0 Å². The van der Waals surface area contributed by atoms with E-state index in [2.05, 4.69) is 16.0 Å². The molecule has 3 aromatic carbocycles. The van der Waals surface area contributed by atoms with E-state index >= 15 is 0 Å². The monoisotopic (exact) mass is 652 g/mol. The van der Waals surface area contributed by atoms with E-state index in [-0.39, 0.29) is 42.9 Å². The summed E-state index contributed by atoms with van der Waals surface area (Å²) in [4.78, 5) is 56.1. The lowest BCUT2D eigenvalue weighted by atomic mass is 9.62. The fourth-order valence-electron chi connectivity index (χ4n) is 7.07. The van der Waals surface area contributed by atoms with Gasteiger partial charge in [-0.25, -0.2) is 4.79 Å². The maximum Gasteiger partial charge on any atom is 0.408 e. The van der Waals surface area contributed by atoms with Gasteiger partial charge < -0.3 is 30.3 Å². The Balaban J connectivity index is 1.24. The topological polar surface area (TPSA) is 126 Å². The molecule has 1 saturated carbocycles. The maximum atomic E-state index is 13.9. The SMILES string of the molecule is Cc1ccc2cc1CNC(=O)[C@H](CCc1ccccc1)NC(=O)[C@@H](NC(=O)OCc1ccccc1)CC(=O)N1CCCC3(CC(C3)O2)C1. The minimum atomic E-state index is -1.24. The van der Waals surface area contributed by atoms with E-state index in [9.17, 15) is 19.2 Å². The van der Waals surface area contributed by atoms with Gasteiger partial charge in [0.2, 0.25) is 17.7 Å². The van der Waals surface area contributed by atoms with Gasteiger partial charge in [-0.3, -0.25) is 14.4 Å². The van der Waals surface area contributed by atoms with Crippen molar-refractivity contribution in [3.8, 4) is 5.75 Å². The highest BCUT2D eigenvalue weighted by molar-refractivity contribution is 5.94. The molecule has 2 atom stereocenters. The van der Waals surface area contributed by atoms with Crippen LogP contribution < -0.4 is 20.7 Å². The van der Waals surface area contributed by atoms with Gasteiger partial charge in [0.25, 0.3) is 0 Å². The second-order valence-corrected chi connectivity index (χ2v) is 13.4. The van der Waals surface area contributed by atoms with Crippen molar-refractivity contribution >= 4 is 23.8 Å². The van der Waals surface area contributed by atoms with Crippen molar-refractivity contribution in [1.82, 2.24) is 20.9 Å². The Bertz CT molecular complexity index is 1610. The smallest absolute Gasteiger partial charge is 0.408 e. The third kappa shape index (κ3) is 8.34. The molecule has 0 radical (unpaired) electrons. The fraction of sp³-hybridized carbons (Fsp3) is 0.421. The highest BCUT2D eigenvalue weighted by Crippen LogP contribution is 2.49. The van der Waals surface area contributed by atoms with E-state index in [1.54, 1.807) is 0 Å². The van der Waals surface area contributed by atoms with E-state index in [1.165, 1.54) is 0 Å². The van der Waals surface area contributed by atoms with Gasteiger partial charge in [-0.1, -0.05) is 66.7 Å². The molecule has 3 aliphatic heterocycles. The molecule has 0 unspecified atom stereocenters. The van der Waals surface area contributed by atoms with Crippen molar-refractivity contribution < 1.29 is 28.7 Å². The first-order valence-corrected chi connectivity index (χ1v) is 16.9. The van der Waals surface area contributed by atoms with Gasteiger partial charge in [0, 0.05) is 19.6 Å². The second-order valence-electron chi connectivity index (χ2n) is 13.4. The number of carbonyl (C=O) groups excluding carboxylic acids is 4. The molecule has 3 N–H and O–H groups in total. The van der Waals surface area contributed by atoms with Crippen LogP contribution in [0.3, 0.4) is 0 Å². The molecular formula is C38H44N4O6. The maximum absolute atomic E-state index is 13.9. The number of nitrogens with one attached hydrogen (secondary N) is 3. The minimum absolute atomic E-state index is 0.00949. The Morgan fingerprint density at radius 2 is 1.71 bits per heavy atom. The van der Waals surface area contributed by atoms with Crippen LogP contribution in [0.1, 0.15) is 60.8 Å². The lowest BCUT2D eigenvalue weighted by molar-refractivity contribution is -0.142. The summed E-state index contributed by atoms with van der Waals surface area (Å²) in [5.41, 5.74) is 3.74. The number of piperidine rings is 1. The van der Waals surface area contributed by atoms with Crippen molar-refractivity contribution in [1.29, 1.82) is 0 Å². The molecule has 1 aliphatic carbocycles. The van der Waals surface area contributed by atoms with Crippen LogP contribution in [0.2, 0.25) is 0 Å². The van der Waals surface area contributed by atoms with E-state index < -0.39 is 24.1 Å². The number of nitrogens with zero attached hydrogens (tertiary/aromatic N) is 1. The fourth-order valence-corrected chi connectivity index (χ4v) is 7.07. The minimum Gasteiger partial charge on any atom is -0.490 e. The number of alkyl carbamates (subject to hydrolysis) is 1. The zero-order chi connectivity index (χ0) is 33.5. The van der Waals surface area contributed by atoms with Crippen molar-refractivity contribution in [2.75, 3.05) is 13.1 Å². The molecule has 3 heterocycles. The number of amides is 4. The van der Waals surface area contributed by atoms with E-state index in [0.29, 0.717) is 25.9 Å². The van der Waals surface area contributed by atoms with E-state index in [0.717, 1.165) is 53.7 Å². The van der Waals surface area contributed by atoms with Crippen molar-refractivity contribution in [2.24, 2.45) is 5.41 Å². The van der Waals surface area contributed by atoms with Crippen LogP contribution in [0.4, 0.5) is 4.79 Å². The molecule has 48 heavy (non-hydrogen) atoms. The number of ether oxygens (including phenoxy) is 2. The van der Waals surface area contributed by atoms with Crippen LogP contribution in [0.25, 0.3) is 0 Å². The van der Waals surface area contributed by atoms with Crippen molar-refractivity contribution in [2.45, 2.75) is 83.2 Å². The van der Waals surface area contributed by atoms with Gasteiger partial charge >= 0.3 is 6.09 Å². The van der Waals surface area contributed by atoms with Crippen LogP contribution in [-0.4, -0.2) is 60.0 Å². The molecule has 252 valence electrons. The standard InChI is InChI=1S/C38H44N4O6/c1-26-13-15-30-19-29(26)23-39-35(44)32(16-14-27-9-4-2-5-10-27)40-36(45)33(41-37(46)47-24-28-11-6-3-7-12-28)20-34(43)42-18-8-17-38(25-42)21-31(22-38)48-30/h2-7,9-13,15,19,31-33H,8,14,16-18,20-25H2,1H3,(H,39,44)(H,40,45)(H,41,46)/t31?,32-,33-,38?/m0/s1. The van der Waals surface area contributed by atoms with Gasteiger partial charge in [0.1, 0.15) is 24.4 Å². The number of benzene rings is 3. The molecule has 5 bridgehead atoms.